The van der Waals surface area contributed by atoms with Gasteiger partial charge in [0.2, 0.25) is 0 Å². The molecule has 10 aromatic carbocycles. The third-order valence-electron chi connectivity index (χ3n) is 23.6. The van der Waals surface area contributed by atoms with Crippen molar-refractivity contribution in [2.75, 3.05) is 75.2 Å². The molecular formula is C101H104F6O17. The van der Waals surface area contributed by atoms with Gasteiger partial charge >= 0.3 is 36.2 Å². The van der Waals surface area contributed by atoms with Gasteiger partial charge in [-0.1, -0.05) is 172 Å². The fraction of sp³-hybridized carbons (Fsp3) is 0.366. The van der Waals surface area contributed by atoms with Gasteiger partial charge in [-0.3, -0.25) is 19.2 Å². The molecule has 14 rings (SSSR count). The Morgan fingerprint density at radius 3 is 1.04 bits per heavy atom. The number of unbranched alkanes of at least 4 members (excludes halogenated alkanes) is 6. The van der Waals surface area contributed by atoms with Gasteiger partial charge in [0.25, 0.3) is 0 Å². The molecule has 17 nitrogen and oxygen atoms in total. The number of ether oxygens (including phenoxy) is 13. The lowest BCUT2D eigenvalue weighted by Crippen LogP contribution is -2.35. The smallest absolute Gasteiger partial charge is 0.416 e. The van der Waals surface area contributed by atoms with Crippen molar-refractivity contribution < 1.29 is 107 Å². The van der Waals surface area contributed by atoms with Crippen molar-refractivity contribution in [2.24, 2.45) is 0 Å². The van der Waals surface area contributed by atoms with E-state index < -0.39 is 69.4 Å². The van der Waals surface area contributed by atoms with Crippen LogP contribution in [0.25, 0.3) is 56.0 Å². The Bertz CT molecular complexity index is 5630. The van der Waals surface area contributed by atoms with E-state index in [0.29, 0.717) is 92.4 Å². The summed E-state index contributed by atoms with van der Waals surface area (Å²) in [4.78, 5) is 48.5. The SMILES string of the molecule is CCCCCCCOC(=O)CCC(=O)OCCOc1ccc(C2(c3ccc(CC)cc3)C=Cc3c4c(c5cc(OC)c(OC)cc5c3O2)-c2ccc(C(F)(F)F)cc2C4(C)C)cc1.CCCCCOC(=O)CCC(=O)OCCOc1ccc(C2(c3ccc(OC)cc3)C=Cc3c4c(c5cc(OC)c(OC)cc5c3O2)-c2ccc(C(F)(F)F)cc2C4(C)C)cc1. The number of hydrogen-bond acceptors (Lipinski definition) is 17. The Kier molecular flexibility index (Phi) is 27.4. The molecule has 0 aromatic heterocycles. The number of fused-ring (bicyclic) bond motifs is 16. The predicted octanol–water partition coefficient (Wildman–Crippen LogP) is 23.3. The van der Waals surface area contributed by atoms with Gasteiger partial charge in [-0.2, -0.15) is 26.3 Å². The van der Waals surface area contributed by atoms with Gasteiger partial charge in [0, 0.05) is 55.0 Å². The number of benzene rings is 10. The van der Waals surface area contributed by atoms with Crippen molar-refractivity contribution in [2.45, 2.75) is 166 Å². The lowest BCUT2D eigenvalue weighted by Gasteiger charge is -2.38. The summed E-state index contributed by atoms with van der Waals surface area (Å²) < 4.78 is 161. The van der Waals surface area contributed by atoms with E-state index in [0.717, 1.165) is 141 Å². The summed E-state index contributed by atoms with van der Waals surface area (Å²) in [7, 11) is 7.80. The predicted molar refractivity (Wildman–Crippen MR) is 463 cm³/mol. The quantitative estimate of drug-likeness (QED) is 0.0160. The van der Waals surface area contributed by atoms with Gasteiger partial charge in [0.15, 0.2) is 34.2 Å². The lowest BCUT2D eigenvalue weighted by molar-refractivity contribution is -0.150. The highest BCUT2D eigenvalue weighted by Gasteiger charge is 2.49. The molecule has 0 amide bonds. The van der Waals surface area contributed by atoms with Crippen LogP contribution in [0.4, 0.5) is 26.3 Å². The minimum absolute atomic E-state index is 0.00602. The second-order valence-corrected chi connectivity index (χ2v) is 32.1. The highest BCUT2D eigenvalue weighted by atomic mass is 19.4. The number of carbonyl (C=O) groups is 4. The van der Waals surface area contributed by atoms with Crippen LogP contribution < -0.4 is 42.6 Å². The van der Waals surface area contributed by atoms with Crippen LogP contribution in [0.3, 0.4) is 0 Å². The average molecular weight is 1700 g/mol. The molecule has 0 bridgehead atoms. The molecule has 0 spiro atoms. The molecule has 2 unspecified atom stereocenters. The van der Waals surface area contributed by atoms with E-state index in [9.17, 15) is 45.5 Å². The molecule has 2 heterocycles. The second-order valence-electron chi connectivity index (χ2n) is 32.1. The van der Waals surface area contributed by atoms with E-state index in [2.05, 4.69) is 45.0 Å². The van der Waals surface area contributed by atoms with Gasteiger partial charge in [-0.15, -0.1) is 0 Å². The molecule has 0 fully saturated rings. The minimum Gasteiger partial charge on any atom is -0.497 e. The number of methoxy groups -OCH3 is 5. The number of rotatable bonds is 34. The molecule has 10 aromatic rings. The maximum Gasteiger partial charge on any atom is 0.416 e. The highest BCUT2D eigenvalue weighted by molar-refractivity contribution is 6.11. The molecule has 2 aliphatic carbocycles. The first kappa shape index (κ1) is 89.6. The zero-order valence-electron chi connectivity index (χ0n) is 72.0. The molecule has 23 heteroatoms. The van der Waals surface area contributed by atoms with Crippen LogP contribution in [-0.2, 0) is 78.9 Å². The summed E-state index contributed by atoms with van der Waals surface area (Å²) in [6, 6.07) is 46.1. The maximum absolute atomic E-state index is 14.1. The number of hydrogen-bond donors (Lipinski definition) is 0. The summed E-state index contributed by atoms with van der Waals surface area (Å²) in [5, 5.41) is 2.91. The van der Waals surface area contributed by atoms with Crippen LogP contribution in [-0.4, -0.2) is 99.1 Å². The second kappa shape index (κ2) is 37.9. The van der Waals surface area contributed by atoms with Gasteiger partial charge in [-0.25, -0.2) is 0 Å². The van der Waals surface area contributed by atoms with E-state index >= 15 is 0 Å². The first-order valence-electron chi connectivity index (χ1n) is 42.1. The zero-order valence-corrected chi connectivity index (χ0v) is 72.0. The summed E-state index contributed by atoms with van der Waals surface area (Å²) in [6.45, 7) is 15.0. The monoisotopic (exact) mass is 1700 g/mol. The van der Waals surface area contributed by atoms with E-state index in [-0.39, 0.29) is 52.1 Å². The standard InChI is InChI=1S/C52H55F3O8.C49H49F3O9/c1-7-9-10-11-12-27-61-45(56)23-24-46(57)62-29-28-60-37-20-17-35(18-21-37)51(34-15-13-33(8-2)14-16-34)26-25-39-48-47(38-22-19-36(52(53,54)55)30-42(38)50(48,3)4)40-31-43(58-5)44(59-6)32-41(40)49(39)63-51;1-7-8-9-24-59-42(53)20-21-43(54)60-26-25-58-34-17-12-31(13-18-34)48(30-10-15-33(55-4)16-11-30)23-22-36-45-44(35-19-14-32(49(50,51)52)27-39(35)47(45,2)3)37-28-40(56-5)41(57-6)29-38(37)46(36)61-48/h13-22,25-26,30-32H,7-12,23-24,27-29H2,1-6H3;10-19,22-23,27-29H,7-9,20-21,24-26H2,1-6H3. The normalized spacial score (nSPS) is 15.9. The maximum atomic E-state index is 14.1. The Morgan fingerprint density at radius 1 is 0.363 bits per heavy atom. The summed E-state index contributed by atoms with van der Waals surface area (Å²) in [5.74, 6) is 2.84. The summed E-state index contributed by atoms with van der Waals surface area (Å²) in [6.07, 6.45) is 7.68. The Hall–Kier alpha value is -12.1. The topological polar surface area (TPSA) is 188 Å². The van der Waals surface area contributed by atoms with Gasteiger partial charge in [0.1, 0.15) is 55.2 Å². The van der Waals surface area contributed by atoms with Crippen LogP contribution in [0.2, 0.25) is 0 Å². The number of carbonyl (C=O) groups excluding carboxylic acids is 4. The largest absolute Gasteiger partial charge is 0.497 e. The molecule has 652 valence electrons. The van der Waals surface area contributed by atoms with Crippen molar-refractivity contribution in [3.05, 3.63) is 242 Å². The van der Waals surface area contributed by atoms with E-state index in [1.807, 2.05) is 137 Å². The first-order valence-corrected chi connectivity index (χ1v) is 42.1. The van der Waals surface area contributed by atoms with Crippen molar-refractivity contribution in [3.8, 4) is 74.0 Å². The highest BCUT2D eigenvalue weighted by Crippen LogP contribution is 2.62. The molecule has 0 radical (unpaired) electrons. The third kappa shape index (κ3) is 18.4. The number of halogens is 6. The Morgan fingerprint density at radius 2 is 0.694 bits per heavy atom. The van der Waals surface area contributed by atoms with Crippen LogP contribution in [0.1, 0.15) is 198 Å². The minimum atomic E-state index is -4.52. The van der Waals surface area contributed by atoms with Crippen LogP contribution in [0, 0.1) is 0 Å². The number of alkyl halides is 6. The molecule has 0 N–H and O–H groups in total. The van der Waals surface area contributed by atoms with Crippen LogP contribution in [0.15, 0.2) is 170 Å². The van der Waals surface area contributed by atoms with Crippen molar-refractivity contribution in [1.82, 2.24) is 0 Å². The molecule has 124 heavy (non-hydrogen) atoms. The van der Waals surface area contributed by atoms with E-state index in [4.69, 9.17) is 61.6 Å². The van der Waals surface area contributed by atoms with Crippen molar-refractivity contribution >= 4 is 57.6 Å². The first-order chi connectivity index (χ1) is 59.5. The number of aryl methyl sites for hydroxylation is 1. The molecule has 0 saturated carbocycles. The number of esters is 4. The molecular weight excluding hydrogens is 1600 g/mol. The van der Waals surface area contributed by atoms with E-state index in [1.54, 1.807) is 59.8 Å². The van der Waals surface area contributed by atoms with Crippen molar-refractivity contribution in [1.29, 1.82) is 0 Å². The van der Waals surface area contributed by atoms with E-state index in [1.165, 1.54) is 18.6 Å². The lowest BCUT2D eigenvalue weighted by atomic mass is 9.76. The fourth-order valence-electron chi connectivity index (χ4n) is 17.1. The van der Waals surface area contributed by atoms with Crippen LogP contribution in [0.5, 0.6) is 51.7 Å². The van der Waals surface area contributed by atoms with Gasteiger partial charge in [0.05, 0.1) is 85.6 Å². The van der Waals surface area contributed by atoms with Gasteiger partial charge in [-0.05, 0) is 177 Å². The fourth-order valence-corrected chi connectivity index (χ4v) is 17.1. The summed E-state index contributed by atoms with van der Waals surface area (Å²) >= 11 is 0. The third-order valence-corrected chi connectivity index (χ3v) is 23.6. The van der Waals surface area contributed by atoms with Gasteiger partial charge < -0.3 is 61.6 Å². The molecule has 0 saturated heterocycles. The zero-order chi connectivity index (χ0) is 88.5. The molecule has 4 aliphatic rings. The Balaban J connectivity index is 0.000000213. The average Bonchev–Trinajstić information content (AvgIpc) is 1.51. The van der Waals surface area contributed by atoms with Crippen LogP contribution >= 0.6 is 0 Å². The molecule has 2 aliphatic heterocycles. The summed E-state index contributed by atoms with van der Waals surface area (Å²) in [5.41, 5.74) is 6.32. The molecule has 2 atom stereocenters. The van der Waals surface area contributed by atoms with Crippen molar-refractivity contribution in [3.63, 3.8) is 0 Å². The Labute approximate surface area is 718 Å².